The standard InChI is InChI=1S/C14H15N3O3/c1-16-7-17(2)13(18)10(12(16)15)11-8-5-3-4-6-9(8)14(19)20-11/h3-6,11H,7,15H2,1-2H3/t11-/m1/s1. The number of fused-ring (bicyclic) bond motifs is 1. The molecule has 3 rings (SSSR count). The molecule has 1 atom stereocenters. The molecule has 2 N–H and O–H groups in total. The molecule has 2 aliphatic rings. The summed E-state index contributed by atoms with van der Waals surface area (Å²) in [6.07, 6.45) is -0.726. The van der Waals surface area contributed by atoms with Crippen LogP contribution in [0.15, 0.2) is 35.7 Å². The summed E-state index contributed by atoms with van der Waals surface area (Å²) in [5, 5.41) is 0. The number of ether oxygens (including phenoxy) is 1. The SMILES string of the molecule is CN1CN(C)C(N)=C([C@@H]2OC(=O)c3ccccc32)C1=O. The summed E-state index contributed by atoms with van der Waals surface area (Å²) in [5.74, 6) is -0.285. The van der Waals surface area contributed by atoms with Crippen LogP contribution in [-0.4, -0.2) is 42.4 Å². The van der Waals surface area contributed by atoms with Crippen molar-refractivity contribution in [2.24, 2.45) is 5.73 Å². The van der Waals surface area contributed by atoms with Gasteiger partial charge in [0.15, 0.2) is 6.10 Å². The summed E-state index contributed by atoms with van der Waals surface area (Å²) >= 11 is 0. The van der Waals surface area contributed by atoms with Gasteiger partial charge in [0.25, 0.3) is 5.91 Å². The maximum atomic E-state index is 12.4. The summed E-state index contributed by atoms with van der Waals surface area (Å²) in [4.78, 5) is 27.5. The van der Waals surface area contributed by atoms with Gasteiger partial charge >= 0.3 is 5.97 Å². The molecule has 0 saturated heterocycles. The van der Waals surface area contributed by atoms with Crippen LogP contribution in [0.1, 0.15) is 22.0 Å². The highest BCUT2D eigenvalue weighted by molar-refractivity contribution is 6.00. The van der Waals surface area contributed by atoms with E-state index in [9.17, 15) is 9.59 Å². The molecule has 2 heterocycles. The summed E-state index contributed by atoms with van der Waals surface area (Å²) in [5.41, 5.74) is 7.52. The van der Waals surface area contributed by atoms with E-state index in [0.717, 1.165) is 0 Å². The molecule has 2 aliphatic heterocycles. The highest BCUT2D eigenvalue weighted by atomic mass is 16.5. The third kappa shape index (κ3) is 1.65. The maximum Gasteiger partial charge on any atom is 0.339 e. The second-order valence-corrected chi connectivity index (χ2v) is 5.01. The summed E-state index contributed by atoms with van der Waals surface area (Å²) in [6, 6.07) is 7.05. The molecule has 104 valence electrons. The molecule has 1 aromatic rings. The predicted octanol–water partition coefficient (Wildman–Crippen LogP) is 0.430. The number of nitrogens with two attached hydrogens (primary N) is 1. The molecule has 20 heavy (non-hydrogen) atoms. The molecular weight excluding hydrogens is 258 g/mol. The fourth-order valence-corrected chi connectivity index (χ4v) is 2.59. The number of cyclic esters (lactones) is 1. The van der Waals surface area contributed by atoms with Gasteiger partial charge in [-0.3, -0.25) is 4.79 Å². The third-order valence-corrected chi connectivity index (χ3v) is 3.64. The fraction of sp³-hybridized carbons (Fsp3) is 0.286. The number of rotatable bonds is 1. The van der Waals surface area contributed by atoms with Gasteiger partial charge < -0.3 is 20.3 Å². The van der Waals surface area contributed by atoms with Gasteiger partial charge in [-0.15, -0.1) is 0 Å². The number of carbonyl (C=O) groups is 2. The first-order valence-electron chi connectivity index (χ1n) is 6.27. The summed E-state index contributed by atoms with van der Waals surface area (Å²) in [6.45, 7) is 0.413. The first kappa shape index (κ1) is 12.5. The van der Waals surface area contributed by atoms with E-state index < -0.39 is 12.1 Å². The Morgan fingerprint density at radius 2 is 1.90 bits per heavy atom. The Labute approximate surface area is 116 Å². The van der Waals surface area contributed by atoms with Crippen molar-refractivity contribution in [1.29, 1.82) is 0 Å². The molecule has 0 unspecified atom stereocenters. The number of hydrogen-bond acceptors (Lipinski definition) is 5. The van der Waals surface area contributed by atoms with Gasteiger partial charge in [-0.1, -0.05) is 18.2 Å². The smallest absolute Gasteiger partial charge is 0.339 e. The molecule has 0 spiro atoms. The molecule has 0 aliphatic carbocycles. The highest BCUT2D eigenvalue weighted by Gasteiger charge is 2.40. The van der Waals surface area contributed by atoms with E-state index in [1.54, 1.807) is 42.1 Å². The van der Waals surface area contributed by atoms with Crippen LogP contribution in [-0.2, 0) is 9.53 Å². The number of likely N-dealkylation sites (N-methyl/N-ethyl adjacent to an activating group) is 1. The lowest BCUT2D eigenvalue weighted by Gasteiger charge is -2.35. The second-order valence-electron chi connectivity index (χ2n) is 5.01. The average molecular weight is 273 g/mol. The van der Waals surface area contributed by atoms with Crippen molar-refractivity contribution in [3.8, 4) is 0 Å². The topological polar surface area (TPSA) is 75.9 Å². The minimum Gasteiger partial charge on any atom is -0.449 e. The molecule has 0 aromatic heterocycles. The zero-order chi connectivity index (χ0) is 14.4. The highest BCUT2D eigenvalue weighted by Crippen LogP contribution is 2.38. The van der Waals surface area contributed by atoms with Gasteiger partial charge in [0.1, 0.15) is 11.4 Å². The van der Waals surface area contributed by atoms with Crippen molar-refractivity contribution in [1.82, 2.24) is 9.80 Å². The van der Waals surface area contributed by atoms with E-state index in [-0.39, 0.29) is 5.91 Å². The number of carbonyl (C=O) groups excluding carboxylic acids is 2. The molecule has 0 radical (unpaired) electrons. The van der Waals surface area contributed by atoms with Crippen molar-refractivity contribution in [2.75, 3.05) is 20.8 Å². The zero-order valence-corrected chi connectivity index (χ0v) is 11.3. The molecule has 1 amide bonds. The van der Waals surface area contributed by atoms with E-state index in [1.165, 1.54) is 0 Å². The number of hydrogen-bond donors (Lipinski definition) is 1. The van der Waals surface area contributed by atoms with Gasteiger partial charge in [-0.05, 0) is 6.07 Å². The van der Waals surface area contributed by atoms with Crippen molar-refractivity contribution in [3.63, 3.8) is 0 Å². The number of nitrogens with zero attached hydrogens (tertiary/aromatic N) is 2. The first-order valence-corrected chi connectivity index (χ1v) is 6.27. The lowest BCUT2D eigenvalue weighted by Crippen LogP contribution is -2.47. The largest absolute Gasteiger partial charge is 0.449 e. The quantitative estimate of drug-likeness (QED) is 0.751. The van der Waals surface area contributed by atoms with E-state index >= 15 is 0 Å². The minimum atomic E-state index is -0.726. The number of benzene rings is 1. The van der Waals surface area contributed by atoms with Crippen molar-refractivity contribution >= 4 is 11.9 Å². The van der Waals surface area contributed by atoms with E-state index in [1.807, 2.05) is 6.07 Å². The van der Waals surface area contributed by atoms with Gasteiger partial charge in [0.05, 0.1) is 12.2 Å². The molecule has 0 fully saturated rings. The van der Waals surface area contributed by atoms with Crippen molar-refractivity contribution < 1.29 is 14.3 Å². The molecule has 6 heteroatoms. The van der Waals surface area contributed by atoms with Crippen LogP contribution in [0, 0.1) is 0 Å². The fourth-order valence-electron chi connectivity index (χ4n) is 2.59. The molecule has 1 aromatic carbocycles. The maximum absolute atomic E-state index is 12.4. The Bertz CT molecular complexity index is 638. The summed E-state index contributed by atoms with van der Waals surface area (Å²) in [7, 11) is 3.48. The van der Waals surface area contributed by atoms with Crippen molar-refractivity contribution in [3.05, 3.63) is 46.8 Å². The van der Waals surface area contributed by atoms with E-state index in [0.29, 0.717) is 29.2 Å². The summed E-state index contributed by atoms with van der Waals surface area (Å²) < 4.78 is 5.36. The lowest BCUT2D eigenvalue weighted by atomic mass is 9.97. The van der Waals surface area contributed by atoms with Crippen LogP contribution in [0.4, 0.5) is 0 Å². The Morgan fingerprint density at radius 3 is 2.65 bits per heavy atom. The van der Waals surface area contributed by atoms with Crippen LogP contribution in [0.2, 0.25) is 0 Å². The monoisotopic (exact) mass is 273 g/mol. The minimum absolute atomic E-state index is 0.213. The molecule has 6 nitrogen and oxygen atoms in total. The Hall–Kier alpha value is -2.50. The zero-order valence-electron chi connectivity index (χ0n) is 11.3. The van der Waals surface area contributed by atoms with Gasteiger partial charge in [-0.25, -0.2) is 4.79 Å². The molecule has 0 saturated carbocycles. The predicted molar refractivity (Wildman–Crippen MR) is 71.2 cm³/mol. The van der Waals surface area contributed by atoms with Gasteiger partial charge in [0, 0.05) is 19.7 Å². The normalized spacial score (nSPS) is 22.2. The average Bonchev–Trinajstić information content (AvgIpc) is 2.75. The van der Waals surface area contributed by atoms with Gasteiger partial charge in [-0.2, -0.15) is 0 Å². The van der Waals surface area contributed by atoms with Crippen LogP contribution >= 0.6 is 0 Å². The molecule has 0 bridgehead atoms. The Morgan fingerprint density at radius 1 is 1.20 bits per heavy atom. The van der Waals surface area contributed by atoms with Crippen LogP contribution < -0.4 is 5.73 Å². The first-order chi connectivity index (χ1) is 9.50. The Kier molecular flexibility index (Phi) is 2.67. The van der Waals surface area contributed by atoms with Crippen molar-refractivity contribution in [2.45, 2.75) is 6.10 Å². The second kappa shape index (κ2) is 4.26. The number of amides is 1. The Balaban J connectivity index is 2.12. The van der Waals surface area contributed by atoms with Gasteiger partial charge in [0.2, 0.25) is 0 Å². The van der Waals surface area contributed by atoms with Crippen LogP contribution in [0.3, 0.4) is 0 Å². The third-order valence-electron chi connectivity index (χ3n) is 3.64. The molecular formula is C14H15N3O3. The van der Waals surface area contributed by atoms with Crippen LogP contribution in [0.5, 0.6) is 0 Å². The number of esters is 1. The van der Waals surface area contributed by atoms with E-state index in [2.05, 4.69) is 0 Å². The lowest BCUT2D eigenvalue weighted by molar-refractivity contribution is -0.130. The van der Waals surface area contributed by atoms with Crippen LogP contribution in [0.25, 0.3) is 0 Å². The van der Waals surface area contributed by atoms with E-state index in [4.69, 9.17) is 10.5 Å².